The lowest BCUT2D eigenvalue weighted by atomic mass is 9.75. The lowest BCUT2D eigenvalue weighted by Crippen LogP contribution is -2.60. The fourth-order valence-corrected chi connectivity index (χ4v) is 4.83. The topological polar surface area (TPSA) is 72.9 Å². The predicted octanol–water partition coefficient (Wildman–Crippen LogP) is 1.80. The number of piperidine rings is 1. The summed E-state index contributed by atoms with van der Waals surface area (Å²) in [4.78, 5) is 39.7. The van der Waals surface area contributed by atoms with Crippen LogP contribution in [0.5, 0.6) is 0 Å². The Balaban J connectivity index is 1.78. The van der Waals surface area contributed by atoms with Gasteiger partial charge in [-0.2, -0.15) is 0 Å². The Morgan fingerprint density at radius 3 is 2.73 bits per heavy atom. The van der Waals surface area contributed by atoms with Gasteiger partial charge in [0.25, 0.3) is 0 Å². The number of esters is 3. The summed E-state index contributed by atoms with van der Waals surface area (Å²) in [5, 5.41) is 0. The van der Waals surface area contributed by atoms with E-state index in [1.807, 2.05) is 47.4 Å². The number of rotatable bonds is 3. The number of carbonyl (C=O) groups excluding carboxylic acids is 3. The molecule has 26 heavy (non-hydrogen) atoms. The maximum absolute atomic E-state index is 12.8. The molecule has 3 saturated heterocycles. The molecule has 0 spiro atoms. The van der Waals surface area contributed by atoms with E-state index < -0.39 is 35.3 Å². The Morgan fingerprint density at radius 2 is 2.00 bits per heavy atom. The van der Waals surface area contributed by atoms with Gasteiger partial charge < -0.3 is 9.47 Å². The van der Waals surface area contributed by atoms with Gasteiger partial charge in [0.2, 0.25) is 0 Å². The molecule has 1 aromatic rings. The van der Waals surface area contributed by atoms with Crippen LogP contribution >= 0.6 is 0 Å². The van der Waals surface area contributed by atoms with Crippen molar-refractivity contribution in [3.05, 3.63) is 42.0 Å². The molecule has 3 heterocycles. The van der Waals surface area contributed by atoms with Gasteiger partial charge in [-0.3, -0.25) is 19.3 Å². The molecule has 4 rings (SSSR count). The highest BCUT2D eigenvalue weighted by atomic mass is 16.6. The number of cyclic esters (lactones) is 2. The van der Waals surface area contributed by atoms with Gasteiger partial charge in [-0.15, -0.1) is 0 Å². The molecular weight excluding hydrogens is 334 g/mol. The first kappa shape index (κ1) is 17.0. The van der Waals surface area contributed by atoms with Crippen LogP contribution in [0.2, 0.25) is 0 Å². The molecule has 3 fully saturated rings. The van der Waals surface area contributed by atoms with Crippen LogP contribution in [0.15, 0.2) is 36.4 Å². The molecule has 3 aliphatic rings. The van der Waals surface area contributed by atoms with Crippen molar-refractivity contribution >= 4 is 24.0 Å². The molecule has 3 aliphatic heterocycles. The van der Waals surface area contributed by atoms with Gasteiger partial charge in [0, 0.05) is 6.04 Å². The van der Waals surface area contributed by atoms with Crippen molar-refractivity contribution in [2.24, 2.45) is 11.8 Å². The first-order chi connectivity index (χ1) is 12.6. The van der Waals surface area contributed by atoms with Crippen LogP contribution in [0.4, 0.5) is 0 Å². The molecule has 0 aromatic heterocycles. The monoisotopic (exact) mass is 355 g/mol. The molecule has 4 atom stereocenters. The zero-order valence-electron chi connectivity index (χ0n) is 14.6. The molecule has 0 aliphatic carbocycles. The maximum Gasteiger partial charge on any atom is 0.327 e. The number of ether oxygens (including phenoxy) is 2. The fraction of sp³-hybridized carbons (Fsp3) is 0.450. The van der Waals surface area contributed by atoms with Crippen molar-refractivity contribution in [3.8, 4) is 0 Å². The zero-order chi connectivity index (χ0) is 18.3. The van der Waals surface area contributed by atoms with E-state index in [0.29, 0.717) is 13.0 Å². The van der Waals surface area contributed by atoms with Crippen molar-refractivity contribution in [3.63, 3.8) is 0 Å². The minimum atomic E-state index is -1.10. The minimum absolute atomic E-state index is 0.362. The number of methoxy groups -OCH3 is 1. The molecule has 0 amide bonds. The maximum atomic E-state index is 12.8. The van der Waals surface area contributed by atoms with Gasteiger partial charge in [0.1, 0.15) is 11.5 Å². The van der Waals surface area contributed by atoms with Crippen molar-refractivity contribution in [2.45, 2.75) is 30.8 Å². The summed E-state index contributed by atoms with van der Waals surface area (Å²) in [7, 11) is 1.33. The highest BCUT2D eigenvalue weighted by molar-refractivity contribution is 6.03. The van der Waals surface area contributed by atoms with Crippen molar-refractivity contribution < 1.29 is 23.9 Å². The molecule has 136 valence electrons. The van der Waals surface area contributed by atoms with Crippen LogP contribution in [-0.2, 0) is 23.9 Å². The van der Waals surface area contributed by atoms with Gasteiger partial charge in [0.15, 0.2) is 0 Å². The van der Waals surface area contributed by atoms with Crippen LogP contribution in [-0.4, -0.2) is 48.0 Å². The fourth-order valence-electron chi connectivity index (χ4n) is 4.83. The second-order valence-electron chi connectivity index (χ2n) is 7.07. The summed E-state index contributed by atoms with van der Waals surface area (Å²) < 4.78 is 10.0. The van der Waals surface area contributed by atoms with Gasteiger partial charge in [-0.05, 0) is 31.4 Å². The molecule has 0 unspecified atom stereocenters. The van der Waals surface area contributed by atoms with Crippen LogP contribution < -0.4 is 0 Å². The van der Waals surface area contributed by atoms with Gasteiger partial charge in [0.05, 0.1) is 13.0 Å². The van der Waals surface area contributed by atoms with Gasteiger partial charge in [-0.1, -0.05) is 42.5 Å². The lowest BCUT2D eigenvalue weighted by molar-refractivity contribution is -0.168. The van der Waals surface area contributed by atoms with E-state index in [2.05, 4.69) is 0 Å². The van der Waals surface area contributed by atoms with E-state index in [1.165, 1.54) is 7.11 Å². The normalized spacial score (nSPS) is 33.8. The summed E-state index contributed by atoms with van der Waals surface area (Å²) in [5.74, 6) is -3.06. The third-order valence-electron chi connectivity index (χ3n) is 5.87. The quantitative estimate of drug-likeness (QED) is 0.608. The van der Waals surface area contributed by atoms with Crippen LogP contribution in [0.3, 0.4) is 0 Å². The number of fused-ring (bicyclic) bond motifs is 3. The van der Waals surface area contributed by atoms with Gasteiger partial charge in [-0.25, -0.2) is 0 Å². The molecule has 6 heteroatoms. The average molecular weight is 355 g/mol. The number of nitrogens with zero attached hydrogens (tertiary/aromatic N) is 1. The summed E-state index contributed by atoms with van der Waals surface area (Å²) in [6, 6.07) is 9.37. The van der Waals surface area contributed by atoms with E-state index in [4.69, 9.17) is 9.47 Å². The third kappa shape index (κ3) is 2.32. The third-order valence-corrected chi connectivity index (χ3v) is 5.87. The van der Waals surface area contributed by atoms with Crippen LogP contribution in [0.1, 0.15) is 24.8 Å². The van der Waals surface area contributed by atoms with E-state index >= 15 is 0 Å². The summed E-state index contributed by atoms with van der Waals surface area (Å²) in [6.45, 7) is 0.645. The number of benzene rings is 1. The Hall–Kier alpha value is -2.47. The number of carbonyl (C=O) groups is 3. The number of hydrogen-bond acceptors (Lipinski definition) is 6. The van der Waals surface area contributed by atoms with E-state index in [-0.39, 0.29) is 6.04 Å². The highest BCUT2D eigenvalue weighted by Gasteiger charge is 2.71. The molecule has 0 N–H and O–H groups in total. The summed E-state index contributed by atoms with van der Waals surface area (Å²) in [6.07, 6.45) is 6.07. The summed E-state index contributed by atoms with van der Waals surface area (Å²) >= 11 is 0. The minimum Gasteiger partial charge on any atom is -0.468 e. The standard InChI is InChI=1S/C20H21NO5/c1-25-19(24)20-11-5-6-12-21(20)14(10-9-13-7-3-2-4-8-13)15-16(20)18(23)26-17(15)22/h2-4,7-10,14-16H,5-6,11-12H2,1H3/b10-9+/t14-,15-,16+,20+/m0/s1. The zero-order valence-corrected chi connectivity index (χ0v) is 14.6. The Bertz CT molecular complexity index is 774. The van der Waals surface area contributed by atoms with Crippen molar-refractivity contribution in [2.75, 3.05) is 13.7 Å². The second-order valence-corrected chi connectivity index (χ2v) is 7.07. The smallest absolute Gasteiger partial charge is 0.327 e. The molecule has 1 aromatic carbocycles. The Labute approximate surface area is 151 Å². The summed E-state index contributed by atoms with van der Waals surface area (Å²) in [5.41, 5.74) is -0.110. The van der Waals surface area contributed by atoms with E-state index in [1.54, 1.807) is 0 Å². The highest BCUT2D eigenvalue weighted by Crippen LogP contribution is 2.53. The van der Waals surface area contributed by atoms with Crippen molar-refractivity contribution in [1.29, 1.82) is 0 Å². The first-order valence-corrected chi connectivity index (χ1v) is 8.93. The first-order valence-electron chi connectivity index (χ1n) is 8.93. The predicted molar refractivity (Wildman–Crippen MR) is 92.6 cm³/mol. The largest absolute Gasteiger partial charge is 0.468 e. The van der Waals surface area contributed by atoms with E-state index in [0.717, 1.165) is 18.4 Å². The molecule has 0 saturated carbocycles. The second kappa shape index (κ2) is 6.36. The average Bonchev–Trinajstić information content (AvgIpc) is 3.14. The van der Waals surface area contributed by atoms with E-state index in [9.17, 15) is 14.4 Å². The molecular formula is C20H21NO5. The molecule has 6 nitrogen and oxygen atoms in total. The Kier molecular flexibility index (Phi) is 4.15. The SMILES string of the molecule is COC(=O)[C@]12CCCCN1[C@@H](/C=C/c1ccccc1)[C@@H]1C(=O)OC(=O)[C@@H]12. The Morgan fingerprint density at radius 1 is 1.23 bits per heavy atom. The van der Waals surface area contributed by atoms with Crippen molar-refractivity contribution in [1.82, 2.24) is 4.90 Å². The lowest BCUT2D eigenvalue weighted by Gasteiger charge is -2.43. The van der Waals surface area contributed by atoms with Gasteiger partial charge >= 0.3 is 17.9 Å². The van der Waals surface area contributed by atoms with Crippen LogP contribution in [0.25, 0.3) is 6.08 Å². The molecule has 0 radical (unpaired) electrons. The van der Waals surface area contributed by atoms with Crippen LogP contribution in [0, 0.1) is 11.8 Å². The number of hydrogen-bond donors (Lipinski definition) is 0. The molecule has 0 bridgehead atoms.